The molecule has 3 aromatic rings. The van der Waals surface area contributed by atoms with Crippen molar-refractivity contribution in [1.82, 2.24) is 4.57 Å². The molecule has 0 aliphatic heterocycles. The smallest absolute Gasteiger partial charge is 0.252 e. The van der Waals surface area contributed by atoms with Gasteiger partial charge in [0.05, 0.1) is 19.3 Å². The van der Waals surface area contributed by atoms with E-state index in [1.165, 1.54) is 23.9 Å². The minimum atomic E-state index is -0.682. The summed E-state index contributed by atoms with van der Waals surface area (Å²) in [4.78, 5) is 37.1. The highest BCUT2D eigenvalue weighted by Gasteiger charge is 2.20. The van der Waals surface area contributed by atoms with Crippen molar-refractivity contribution >= 4 is 23.7 Å². The van der Waals surface area contributed by atoms with Crippen LogP contribution < -0.4 is 10.3 Å². The van der Waals surface area contributed by atoms with Gasteiger partial charge in [-0.2, -0.15) is 0 Å². The van der Waals surface area contributed by atoms with Crippen LogP contribution in [0.15, 0.2) is 65.6 Å². The third-order valence-corrected chi connectivity index (χ3v) is 5.19. The average Bonchev–Trinajstić information content (AvgIpc) is 2.77. The number of Topliss-reactive ketones (excluding diaryl/α,β-unsaturated/α-hetero) is 1. The number of carbonyl (C=O) groups is 2. The van der Waals surface area contributed by atoms with Gasteiger partial charge in [0.2, 0.25) is 0 Å². The van der Waals surface area contributed by atoms with Crippen molar-refractivity contribution in [2.75, 3.05) is 7.11 Å². The summed E-state index contributed by atoms with van der Waals surface area (Å²) in [5, 5.41) is 0.443. The van der Waals surface area contributed by atoms with Crippen LogP contribution in [-0.2, 0) is 11.2 Å². The Hall–Kier alpha value is -3.18. The maximum Gasteiger partial charge on any atom is 0.252 e. The summed E-state index contributed by atoms with van der Waals surface area (Å²) >= 11 is 6.16. The lowest BCUT2D eigenvalue weighted by atomic mass is 9.96. The van der Waals surface area contributed by atoms with Gasteiger partial charge in [-0.3, -0.25) is 9.59 Å². The van der Waals surface area contributed by atoms with Gasteiger partial charge in [-0.25, -0.2) is 0 Å². The van der Waals surface area contributed by atoms with Crippen molar-refractivity contribution in [2.45, 2.75) is 25.8 Å². The second-order valence-corrected chi connectivity index (χ2v) is 7.30. The fraction of sp³-hybridized carbons (Fsp3) is 0.208. The quantitative estimate of drug-likeness (QED) is 0.387. The van der Waals surface area contributed by atoms with Gasteiger partial charge in [0.15, 0.2) is 5.78 Å². The molecule has 1 aromatic heterocycles. The third-order valence-electron chi connectivity index (χ3n) is 4.96. The van der Waals surface area contributed by atoms with E-state index in [4.69, 9.17) is 16.3 Å². The third kappa shape index (κ3) is 4.52. The van der Waals surface area contributed by atoms with Crippen molar-refractivity contribution in [2.24, 2.45) is 0 Å². The monoisotopic (exact) mass is 423 g/mol. The first-order chi connectivity index (χ1) is 14.5. The lowest BCUT2D eigenvalue weighted by Crippen LogP contribution is -2.26. The molecule has 3 rings (SSSR count). The summed E-state index contributed by atoms with van der Waals surface area (Å²) in [6.07, 6.45) is 2.96. The van der Waals surface area contributed by atoms with E-state index in [0.29, 0.717) is 40.3 Å². The first kappa shape index (κ1) is 21.5. The van der Waals surface area contributed by atoms with Crippen molar-refractivity contribution in [1.29, 1.82) is 0 Å². The second kappa shape index (κ2) is 9.55. The Kier molecular flexibility index (Phi) is 6.85. The molecule has 0 bridgehead atoms. The normalized spacial score (nSPS) is 11.7. The van der Waals surface area contributed by atoms with E-state index in [-0.39, 0.29) is 11.3 Å². The summed E-state index contributed by atoms with van der Waals surface area (Å²) in [5.41, 5.74) is 2.03. The number of pyridine rings is 1. The first-order valence-corrected chi connectivity index (χ1v) is 9.98. The Morgan fingerprint density at radius 3 is 2.50 bits per heavy atom. The molecule has 0 spiro atoms. The topological polar surface area (TPSA) is 65.4 Å². The predicted molar refractivity (Wildman–Crippen MR) is 118 cm³/mol. The van der Waals surface area contributed by atoms with E-state index in [1.807, 2.05) is 30.3 Å². The van der Waals surface area contributed by atoms with E-state index in [2.05, 4.69) is 0 Å². The van der Waals surface area contributed by atoms with Crippen LogP contribution in [0.5, 0.6) is 5.75 Å². The van der Waals surface area contributed by atoms with Crippen molar-refractivity contribution in [3.05, 3.63) is 87.3 Å². The fourth-order valence-corrected chi connectivity index (χ4v) is 3.57. The highest BCUT2D eigenvalue weighted by Crippen LogP contribution is 2.34. The molecule has 1 atom stereocenters. The SMILES string of the molecule is CCC(=O)c1ccc(Cl)cc1-c1cc(=O)n(C(C=O)Cc2ccccc2)cc1OC. The lowest BCUT2D eigenvalue weighted by Gasteiger charge is -2.18. The number of ether oxygens (including phenoxy) is 1. The zero-order valence-corrected chi connectivity index (χ0v) is 17.6. The Labute approximate surface area is 179 Å². The van der Waals surface area contributed by atoms with E-state index < -0.39 is 6.04 Å². The number of aromatic nitrogens is 1. The van der Waals surface area contributed by atoms with E-state index in [1.54, 1.807) is 25.1 Å². The molecule has 0 saturated carbocycles. The molecule has 0 saturated heterocycles. The maximum atomic E-state index is 12.9. The largest absolute Gasteiger partial charge is 0.495 e. The molecule has 0 radical (unpaired) electrons. The zero-order chi connectivity index (χ0) is 21.7. The summed E-state index contributed by atoms with van der Waals surface area (Å²) in [7, 11) is 1.48. The first-order valence-electron chi connectivity index (χ1n) is 9.61. The average molecular weight is 424 g/mol. The summed E-state index contributed by atoms with van der Waals surface area (Å²) < 4.78 is 6.87. The van der Waals surface area contributed by atoms with E-state index in [9.17, 15) is 14.4 Å². The van der Waals surface area contributed by atoms with Crippen LogP contribution in [0.4, 0.5) is 0 Å². The number of ketones is 1. The Morgan fingerprint density at radius 2 is 1.87 bits per heavy atom. The molecule has 0 aliphatic carbocycles. The molecular weight excluding hydrogens is 402 g/mol. The molecule has 0 fully saturated rings. The van der Waals surface area contributed by atoms with Gasteiger partial charge in [-0.1, -0.05) is 48.9 Å². The molecule has 0 aliphatic rings. The fourth-order valence-electron chi connectivity index (χ4n) is 3.40. The number of carbonyl (C=O) groups excluding carboxylic acids is 2. The molecule has 6 heteroatoms. The molecule has 0 amide bonds. The van der Waals surface area contributed by atoms with E-state index in [0.717, 1.165) is 11.8 Å². The molecule has 30 heavy (non-hydrogen) atoms. The number of hydrogen-bond acceptors (Lipinski definition) is 4. The van der Waals surface area contributed by atoms with Crippen molar-refractivity contribution in [3.8, 4) is 16.9 Å². The molecular formula is C24H22ClNO4. The molecule has 154 valence electrons. The number of aldehydes is 1. The van der Waals surface area contributed by atoms with Gasteiger partial charge in [0.25, 0.3) is 5.56 Å². The predicted octanol–water partition coefficient (Wildman–Crippen LogP) is 4.75. The Bertz CT molecular complexity index is 1120. The minimum absolute atomic E-state index is 0.0669. The van der Waals surface area contributed by atoms with Gasteiger partial charge < -0.3 is 14.1 Å². The highest BCUT2D eigenvalue weighted by atomic mass is 35.5. The van der Waals surface area contributed by atoms with E-state index >= 15 is 0 Å². The summed E-state index contributed by atoms with van der Waals surface area (Å²) in [6, 6.07) is 15.1. The van der Waals surface area contributed by atoms with Gasteiger partial charge in [0, 0.05) is 35.1 Å². The van der Waals surface area contributed by atoms with Crippen LogP contribution >= 0.6 is 11.6 Å². The van der Waals surface area contributed by atoms with Crippen LogP contribution in [0, 0.1) is 0 Å². The Morgan fingerprint density at radius 1 is 1.13 bits per heavy atom. The van der Waals surface area contributed by atoms with Gasteiger partial charge in [0.1, 0.15) is 12.0 Å². The van der Waals surface area contributed by atoms with Gasteiger partial charge in [-0.15, -0.1) is 0 Å². The number of nitrogens with zero attached hydrogens (tertiary/aromatic N) is 1. The molecule has 1 heterocycles. The number of methoxy groups -OCH3 is 1. The molecule has 2 aromatic carbocycles. The van der Waals surface area contributed by atoms with Crippen LogP contribution in [0.25, 0.3) is 11.1 Å². The molecule has 5 nitrogen and oxygen atoms in total. The summed E-state index contributed by atoms with van der Waals surface area (Å²) in [6.45, 7) is 1.77. The summed E-state index contributed by atoms with van der Waals surface area (Å²) in [5.74, 6) is 0.310. The van der Waals surface area contributed by atoms with Gasteiger partial charge in [-0.05, 0) is 29.3 Å². The number of benzene rings is 2. The molecule has 1 unspecified atom stereocenters. The zero-order valence-electron chi connectivity index (χ0n) is 16.8. The maximum absolute atomic E-state index is 12.9. The second-order valence-electron chi connectivity index (χ2n) is 6.86. The number of rotatable bonds is 8. The van der Waals surface area contributed by atoms with Crippen LogP contribution in [0.1, 0.15) is 35.3 Å². The lowest BCUT2D eigenvalue weighted by molar-refractivity contribution is -0.110. The van der Waals surface area contributed by atoms with Gasteiger partial charge >= 0.3 is 0 Å². The van der Waals surface area contributed by atoms with Crippen LogP contribution in [0.2, 0.25) is 5.02 Å². The van der Waals surface area contributed by atoms with Crippen molar-refractivity contribution in [3.63, 3.8) is 0 Å². The number of halogens is 1. The standard InChI is InChI=1S/C24H22ClNO4/c1-3-22(28)19-10-9-17(25)12-20(19)21-13-24(29)26(14-23(21)30-2)18(15-27)11-16-7-5-4-6-8-16/h4-10,12-15,18H,3,11H2,1-2H3. The van der Waals surface area contributed by atoms with Crippen molar-refractivity contribution < 1.29 is 14.3 Å². The van der Waals surface area contributed by atoms with Crippen LogP contribution in [0.3, 0.4) is 0 Å². The minimum Gasteiger partial charge on any atom is -0.495 e. The number of hydrogen-bond donors (Lipinski definition) is 0. The molecule has 0 N–H and O–H groups in total. The highest BCUT2D eigenvalue weighted by molar-refractivity contribution is 6.31. The van der Waals surface area contributed by atoms with Crippen LogP contribution in [-0.4, -0.2) is 23.7 Å². The Balaban J connectivity index is 2.12.